The van der Waals surface area contributed by atoms with Gasteiger partial charge >= 0.3 is 0 Å². The van der Waals surface area contributed by atoms with E-state index in [9.17, 15) is 33.2 Å². The minimum absolute atomic E-state index is 0.0418. The molecular weight excluding hydrogens is 340 g/mol. The molecule has 0 aromatic heterocycles. The highest BCUT2D eigenvalue weighted by molar-refractivity contribution is 7.86. The fourth-order valence-electron chi connectivity index (χ4n) is 2.45. The summed E-state index contributed by atoms with van der Waals surface area (Å²) < 4.78 is 33.2. The van der Waals surface area contributed by atoms with E-state index in [1.54, 1.807) is 6.07 Å². The molecule has 10 heteroatoms. The lowest BCUT2D eigenvalue weighted by Crippen LogP contribution is -2.26. The number of benzene rings is 2. The zero-order valence-electron chi connectivity index (χ0n) is 12.1. The maximum Gasteiger partial charge on any atom is 0.279 e. The van der Waals surface area contributed by atoms with Gasteiger partial charge in [-0.3, -0.25) is 24.8 Å². The van der Waals surface area contributed by atoms with Crippen LogP contribution in [0.5, 0.6) is 0 Å². The van der Waals surface area contributed by atoms with Crippen LogP contribution in [0.1, 0.15) is 22.4 Å². The fraction of sp³-hybridized carbons (Fsp3) is 0.143. The monoisotopic (exact) mass is 352 g/mol. The first-order chi connectivity index (χ1) is 11.2. The topological polar surface area (TPSA) is 141 Å². The van der Waals surface area contributed by atoms with Crippen molar-refractivity contribution in [1.29, 1.82) is 0 Å². The zero-order valence-corrected chi connectivity index (χ0v) is 12.9. The first-order valence-electron chi connectivity index (χ1n) is 6.61. The van der Waals surface area contributed by atoms with Gasteiger partial charge < -0.3 is 0 Å². The van der Waals surface area contributed by atoms with Gasteiger partial charge in [-0.1, -0.05) is 42.5 Å². The molecule has 0 aliphatic heterocycles. The third kappa shape index (κ3) is 3.55. The van der Waals surface area contributed by atoms with Crippen LogP contribution in [0.2, 0.25) is 0 Å². The highest BCUT2D eigenvalue weighted by Crippen LogP contribution is 2.40. The zero-order chi connectivity index (χ0) is 17.9. The molecule has 0 spiro atoms. The van der Waals surface area contributed by atoms with Gasteiger partial charge in [0.05, 0.1) is 4.92 Å². The molecular formula is C14H12N2O7S. The Bertz CT molecular complexity index is 868. The van der Waals surface area contributed by atoms with E-state index < -0.39 is 42.5 Å². The number of hydrogen-bond donors (Lipinski definition) is 1. The molecule has 0 fully saturated rings. The van der Waals surface area contributed by atoms with Crippen molar-refractivity contribution >= 4 is 15.8 Å². The van der Waals surface area contributed by atoms with E-state index in [4.69, 9.17) is 0 Å². The maximum atomic E-state index is 11.8. The second-order valence-corrected chi connectivity index (χ2v) is 6.43. The van der Waals surface area contributed by atoms with Crippen LogP contribution in [-0.2, 0) is 10.1 Å². The Morgan fingerprint density at radius 3 is 1.96 bits per heavy atom. The minimum atomic E-state index is -4.92. The summed E-state index contributed by atoms with van der Waals surface area (Å²) in [5, 5.41) is 20.7. The lowest BCUT2D eigenvalue weighted by molar-refractivity contribution is -0.531. The second-order valence-electron chi connectivity index (χ2n) is 4.89. The van der Waals surface area contributed by atoms with Gasteiger partial charge in [-0.05, 0) is 11.6 Å². The molecule has 0 saturated carbocycles. The molecule has 2 aromatic carbocycles. The van der Waals surface area contributed by atoms with Gasteiger partial charge in [-0.25, -0.2) is 0 Å². The third-order valence-electron chi connectivity index (χ3n) is 3.41. The summed E-state index contributed by atoms with van der Waals surface area (Å²) in [6.07, 6.45) is 0. The number of nitro groups is 2. The van der Waals surface area contributed by atoms with Crippen LogP contribution in [0.15, 0.2) is 54.6 Å². The molecule has 0 aliphatic rings. The van der Waals surface area contributed by atoms with Crippen LogP contribution in [0, 0.1) is 20.2 Å². The number of para-hydroxylation sites is 1. The molecule has 0 aliphatic carbocycles. The molecule has 126 valence electrons. The van der Waals surface area contributed by atoms with E-state index in [-0.39, 0.29) is 5.56 Å². The largest absolute Gasteiger partial charge is 0.285 e. The molecule has 0 saturated heterocycles. The lowest BCUT2D eigenvalue weighted by Gasteiger charge is -2.19. The Hall–Kier alpha value is -2.85. The van der Waals surface area contributed by atoms with Gasteiger partial charge in [0.1, 0.15) is 5.56 Å². The second kappa shape index (κ2) is 6.72. The summed E-state index contributed by atoms with van der Waals surface area (Å²) in [7, 11) is -4.92. The van der Waals surface area contributed by atoms with Crippen molar-refractivity contribution in [2.75, 3.05) is 0 Å². The van der Waals surface area contributed by atoms with Gasteiger partial charge in [-0.15, -0.1) is 0 Å². The summed E-state index contributed by atoms with van der Waals surface area (Å²) in [5.74, 6) is 0. The summed E-state index contributed by atoms with van der Waals surface area (Å²) in [6, 6.07) is 9.79. The molecule has 1 N–H and O–H groups in total. The van der Waals surface area contributed by atoms with Crippen LogP contribution in [0.4, 0.5) is 5.69 Å². The van der Waals surface area contributed by atoms with E-state index in [0.717, 1.165) is 12.1 Å². The SMILES string of the molecule is O=[N+]([O-])c1ccccc1C(C(c1ccccc1)S(=O)(=O)O)[N+](=O)[O-]. The van der Waals surface area contributed by atoms with Crippen molar-refractivity contribution in [2.45, 2.75) is 11.3 Å². The molecule has 2 aromatic rings. The standard InChI is InChI=1S/C14H12N2O7S/c17-15(18)12-9-5-4-8-11(12)13(16(19)20)14(24(21,22)23)10-6-2-1-3-7-10/h1-9,13-14H,(H,21,22,23). The Labute approximate surface area is 136 Å². The molecule has 0 bridgehead atoms. The Morgan fingerprint density at radius 1 is 0.917 bits per heavy atom. The van der Waals surface area contributed by atoms with E-state index >= 15 is 0 Å². The van der Waals surface area contributed by atoms with E-state index in [0.29, 0.717) is 0 Å². The molecule has 2 atom stereocenters. The van der Waals surface area contributed by atoms with Crippen LogP contribution in [-0.4, -0.2) is 22.8 Å². The molecule has 0 amide bonds. The minimum Gasteiger partial charge on any atom is -0.285 e. The molecule has 9 nitrogen and oxygen atoms in total. The normalized spacial score (nSPS) is 13.9. The fourth-order valence-corrected chi connectivity index (χ4v) is 3.52. The van der Waals surface area contributed by atoms with E-state index in [2.05, 4.69) is 0 Å². The molecule has 2 rings (SSSR count). The average Bonchev–Trinajstić information content (AvgIpc) is 2.51. The summed E-state index contributed by atoms with van der Waals surface area (Å²) in [6.45, 7) is 0. The maximum absolute atomic E-state index is 11.8. The van der Waals surface area contributed by atoms with Gasteiger partial charge in [0, 0.05) is 11.0 Å². The Kier molecular flexibility index (Phi) is 4.90. The van der Waals surface area contributed by atoms with Crippen LogP contribution >= 0.6 is 0 Å². The molecule has 24 heavy (non-hydrogen) atoms. The average molecular weight is 352 g/mol. The smallest absolute Gasteiger partial charge is 0.279 e. The van der Waals surface area contributed by atoms with Crippen molar-refractivity contribution in [1.82, 2.24) is 0 Å². The van der Waals surface area contributed by atoms with Gasteiger partial charge in [-0.2, -0.15) is 8.42 Å². The number of hydrogen-bond acceptors (Lipinski definition) is 6. The van der Waals surface area contributed by atoms with Gasteiger partial charge in [0.15, 0.2) is 5.25 Å². The van der Waals surface area contributed by atoms with Crippen molar-refractivity contribution in [3.05, 3.63) is 86.0 Å². The lowest BCUT2D eigenvalue weighted by atomic mass is 9.97. The van der Waals surface area contributed by atoms with E-state index in [1.807, 2.05) is 0 Å². The Morgan fingerprint density at radius 2 is 1.46 bits per heavy atom. The van der Waals surface area contributed by atoms with Crippen LogP contribution in [0.25, 0.3) is 0 Å². The molecule has 2 unspecified atom stereocenters. The van der Waals surface area contributed by atoms with Crippen molar-refractivity contribution in [2.24, 2.45) is 0 Å². The molecule has 0 radical (unpaired) electrons. The predicted molar refractivity (Wildman–Crippen MR) is 83.6 cm³/mol. The van der Waals surface area contributed by atoms with Crippen molar-refractivity contribution in [3.63, 3.8) is 0 Å². The third-order valence-corrected chi connectivity index (χ3v) is 4.59. The molecule has 0 heterocycles. The highest BCUT2D eigenvalue weighted by atomic mass is 32.2. The first-order valence-corrected chi connectivity index (χ1v) is 8.12. The highest BCUT2D eigenvalue weighted by Gasteiger charge is 2.46. The Balaban J connectivity index is 2.73. The van der Waals surface area contributed by atoms with Crippen molar-refractivity contribution < 1.29 is 22.8 Å². The van der Waals surface area contributed by atoms with Gasteiger partial charge in [0.25, 0.3) is 21.8 Å². The van der Waals surface area contributed by atoms with Crippen molar-refractivity contribution in [3.8, 4) is 0 Å². The number of rotatable bonds is 6. The van der Waals surface area contributed by atoms with Crippen LogP contribution in [0.3, 0.4) is 0 Å². The summed E-state index contributed by atoms with van der Waals surface area (Å²) >= 11 is 0. The van der Waals surface area contributed by atoms with Crippen LogP contribution < -0.4 is 0 Å². The summed E-state index contributed by atoms with van der Waals surface area (Å²) in [4.78, 5) is 20.9. The summed E-state index contributed by atoms with van der Waals surface area (Å²) in [5.41, 5.74) is -1.04. The number of nitrogens with zero attached hydrogens (tertiary/aromatic N) is 2. The first kappa shape index (κ1) is 17.5. The van der Waals surface area contributed by atoms with E-state index in [1.165, 1.54) is 36.4 Å². The quantitative estimate of drug-likeness (QED) is 0.478. The van der Waals surface area contributed by atoms with Gasteiger partial charge in [0.2, 0.25) is 0 Å². The number of nitro benzene ring substituents is 1. The predicted octanol–water partition coefficient (Wildman–Crippen LogP) is 2.54.